The molecule has 0 unspecified atom stereocenters. The van der Waals surface area contributed by atoms with Crippen molar-refractivity contribution < 1.29 is 29.6 Å². The standard InChI is InChI=1S/C16H12N6O8/c23-13-3-1-11(21(27)28)5-9(13)7-17-19-15(25)16(26)20-18-8-10-6-12(22(29)30)2-4-14(10)24/h1-8,23-24H,(H,19,25)(H,20,26)/b17-7-,18-8-. The molecule has 0 radical (unpaired) electrons. The zero-order chi connectivity index (χ0) is 22.3. The molecule has 0 fully saturated rings. The first-order valence-corrected chi connectivity index (χ1v) is 7.80. The molecule has 2 rings (SSSR count). The summed E-state index contributed by atoms with van der Waals surface area (Å²) in [5.41, 5.74) is 2.83. The highest BCUT2D eigenvalue weighted by molar-refractivity contribution is 6.35. The first-order chi connectivity index (χ1) is 14.2. The molecular weight excluding hydrogens is 404 g/mol. The monoisotopic (exact) mass is 416 g/mol. The van der Waals surface area contributed by atoms with Crippen molar-refractivity contribution in [3.63, 3.8) is 0 Å². The van der Waals surface area contributed by atoms with E-state index < -0.39 is 21.7 Å². The van der Waals surface area contributed by atoms with E-state index in [4.69, 9.17) is 0 Å². The van der Waals surface area contributed by atoms with Gasteiger partial charge >= 0.3 is 11.8 Å². The highest BCUT2D eigenvalue weighted by Crippen LogP contribution is 2.22. The smallest absolute Gasteiger partial charge is 0.331 e. The predicted molar refractivity (Wildman–Crippen MR) is 101 cm³/mol. The number of benzene rings is 2. The van der Waals surface area contributed by atoms with E-state index in [1.54, 1.807) is 0 Å². The fraction of sp³-hybridized carbons (Fsp3) is 0. The van der Waals surface area contributed by atoms with Crippen LogP contribution >= 0.6 is 0 Å². The molecule has 14 nitrogen and oxygen atoms in total. The minimum absolute atomic E-state index is 0.0796. The quantitative estimate of drug-likeness (QED) is 0.225. The van der Waals surface area contributed by atoms with Crippen LogP contribution in [0.1, 0.15) is 11.1 Å². The number of phenols is 2. The second-order valence-electron chi connectivity index (χ2n) is 5.40. The van der Waals surface area contributed by atoms with Crippen LogP contribution in [0.15, 0.2) is 46.6 Å². The van der Waals surface area contributed by atoms with E-state index in [9.17, 15) is 40.0 Å². The molecular formula is C16H12N6O8. The van der Waals surface area contributed by atoms with Gasteiger partial charge in [0.25, 0.3) is 11.4 Å². The highest BCUT2D eigenvalue weighted by Gasteiger charge is 2.13. The summed E-state index contributed by atoms with van der Waals surface area (Å²) < 4.78 is 0. The number of hydrogen-bond acceptors (Lipinski definition) is 10. The predicted octanol–water partition coefficient (Wildman–Crippen LogP) is 0.515. The summed E-state index contributed by atoms with van der Waals surface area (Å²) in [5.74, 6) is -3.22. The third-order valence-electron chi connectivity index (χ3n) is 3.39. The lowest BCUT2D eigenvalue weighted by Crippen LogP contribution is -2.35. The minimum atomic E-state index is -1.27. The van der Waals surface area contributed by atoms with E-state index in [0.29, 0.717) is 0 Å². The molecule has 30 heavy (non-hydrogen) atoms. The van der Waals surface area contributed by atoms with Gasteiger partial charge in [0.15, 0.2) is 0 Å². The number of rotatable bonds is 6. The molecule has 2 aromatic carbocycles. The lowest BCUT2D eigenvalue weighted by atomic mass is 10.2. The Hall–Kier alpha value is -4.88. The minimum Gasteiger partial charge on any atom is -0.507 e. The molecule has 0 atom stereocenters. The van der Waals surface area contributed by atoms with Gasteiger partial charge in [-0.15, -0.1) is 0 Å². The maximum atomic E-state index is 11.6. The van der Waals surface area contributed by atoms with Crippen molar-refractivity contribution in [1.82, 2.24) is 10.9 Å². The molecule has 2 aromatic rings. The van der Waals surface area contributed by atoms with Crippen LogP contribution in [-0.2, 0) is 9.59 Å². The number of nitrogens with one attached hydrogen (secondary N) is 2. The van der Waals surface area contributed by atoms with Gasteiger partial charge in [-0.05, 0) is 12.1 Å². The normalized spacial score (nSPS) is 10.8. The Morgan fingerprint density at radius 2 is 1.17 bits per heavy atom. The summed E-state index contributed by atoms with van der Waals surface area (Å²) in [6, 6.07) is 6.26. The third-order valence-corrected chi connectivity index (χ3v) is 3.39. The summed E-state index contributed by atoms with van der Waals surface area (Å²) in [5, 5.41) is 47.4. The molecule has 14 heteroatoms. The van der Waals surface area contributed by atoms with Crippen LogP contribution in [0.25, 0.3) is 0 Å². The molecule has 0 aromatic heterocycles. The summed E-state index contributed by atoms with van der Waals surface area (Å²) >= 11 is 0. The zero-order valence-corrected chi connectivity index (χ0v) is 14.8. The maximum absolute atomic E-state index is 11.6. The molecule has 0 bridgehead atoms. The number of amides is 2. The number of carbonyl (C=O) groups is 2. The largest absolute Gasteiger partial charge is 0.507 e. The van der Waals surface area contributed by atoms with Crippen molar-refractivity contribution in [3.8, 4) is 11.5 Å². The number of aromatic hydroxyl groups is 2. The molecule has 4 N–H and O–H groups in total. The van der Waals surface area contributed by atoms with Crippen LogP contribution in [0, 0.1) is 20.2 Å². The first kappa shape index (κ1) is 21.4. The molecule has 0 aliphatic carbocycles. The summed E-state index contributed by atoms with van der Waals surface area (Å²) in [7, 11) is 0. The molecule has 0 heterocycles. The number of hydrogen-bond donors (Lipinski definition) is 4. The number of nitro benzene ring substituents is 2. The number of nitrogens with zero attached hydrogens (tertiary/aromatic N) is 4. The number of non-ortho nitro benzene ring substituents is 2. The number of phenolic OH excluding ortho intramolecular Hbond substituents is 2. The van der Waals surface area contributed by atoms with Crippen LogP contribution in [0.3, 0.4) is 0 Å². The third kappa shape index (κ3) is 5.56. The van der Waals surface area contributed by atoms with E-state index in [0.717, 1.165) is 48.8 Å². The van der Waals surface area contributed by atoms with E-state index in [1.165, 1.54) is 0 Å². The molecule has 0 spiro atoms. The maximum Gasteiger partial charge on any atom is 0.331 e. The molecule has 154 valence electrons. The Bertz CT molecular complexity index is 996. The Morgan fingerprint density at radius 1 is 0.800 bits per heavy atom. The number of hydrazone groups is 2. The highest BCUT2D eigenvalue weighted by atomic mass is 16.6. The van der Waals surface area contributed by atoms with Gasteiger partial charge in [-0.3, -0.25) is 29.8 Å². The molecule has 0 saturated heterocycles. The Labute approximate surface area is 166 Å². The van der Waals surface area contributed by atoms with Gasteiger partial charge in [0.1, 0.15) is 11.5 Å². The Kier molecular flexibility index (Phi) is 6.68. The molecule has 0 aliphatic heterocycles. The molecule has 0 saturated carbocycles. The lowest BCUT2D eigenvalue weighted by molar-refractivity contribution is -0.385. The Morgan fingerprint density at radius 3 is 1.50 bits per heavy atom. The SMILES string of the molecule is O=C(N/N=C\c1cc([N+](=O)[O-])ccc1O)C(=O)N/N=C\c1cc([N+](=O)[O-])ccc1O. The van der Waals surface area contributed by atoms with Crippen LogP contribution in [0.4, 0.5) is 11.4 Å². The number of nitro groups is 2. The molecule has 2 amide bonds. The van der Waals surface area contributed by atoms with Crippen molar-refractivity contribution in [1.29, 1.82) is 0 Å². The fourth-order valence-corrected chi connectivity index (χ4v) is 1.94. The lowest BCUT2D eigenvalue weighted by Gasteiger charge is -2.01. The topological polar surface area (TPSA) is 210 Å². The van der Waals surface area contributed by atoms with Gasteiger partial charge in [-0.2, -0.15) is 10.2 Å². The van der Waals surface area contributed by atoms with Gasteiger partial charge in [0.05, 0.1) is 22.3 Å². The van der Waals surface area contributed by atoms with E-state index >= 15 is 0 Å². The van der Waals surface area contributed by atoms with Crippen molar-refractivity contribution >= 4 is 35.6 Å². The average Bonchev–Trinajstić information content (AvgIpc) is 2.70. The molecule has 0 aliphatic rings. The van der Waals surface area contributed by atoms with E-state index in [-0.39, 0.29) is 34.0 Å². The van der Waals surface area contributed by atoms with Crippen molar-refractivity contribution in [2.45, 2.75) is 0 Å². The van der Waals surface area contributed by atoms with Crippen molar-refractivity contribution in [2.75, 3.05) is 0 Å². The van der Waals surface area contributed by atoms with Gasteiger partial charge in [-0.25, -0.2) is 10.9 Å². The van der Waals surface area contributed by atoms with Gasteiger partial charge < -0.3 is 10.2 Å². The van der Waals surface area contributed by atoms with Gasteiger partial charge in [0.2, 0.25) is 0 Å². The summed E-state index contributed by atoms with van der Waals surface area (Å²) in [6.07, 6.45) is 1.77. The van der Waals surface area contributed by atoms with Crippen LogP contribution in [-0.4, -0.2) is 44.3 Å². The average molecular weight is 416 g/mol. The zero-order valence-electron chi connectivity index (χ0n) is 14.8. The summed E-state index contributed by atoms with van der Waals surface area (Å²) in [4.78, 5) is 43.3. The van der Waals surface area contributed by atoms with Crippen molar-refractivity contribution in [2.24, 2.45) is 10.2 Å². The first-order valence-electron chi connectivity index (χ1n) is 7.80. The van der Waals surface area contributed by atoms with E-state index in [2.05, 4.69) is 10.2 Å². The number of carbonyl (C=O) groups excluding carboxylic acids is 2. The van der Waals surface area contributed by atoms with Gasteiger partial charge in [0, 0.05) is 35.4 Å². The Balaban J connectivity index is 1.97. The summed E-state index contributed by atoms with van der Waals surface area (Å²) in [6.45, 7) is 0. The van der Waals surface area contributed by atoms with Crippen LogP contribution in [0.2, 0.25) is 0 Å². The van der Waals surface area contributed by atoms with Gasteiger partial charge in [-0.1, -0.05) is 0 Å². The van der Waals surface area contributed by atoms with Crippen molar-refractivity contribution in [3.05, 3.63) is 67.8 Å². The second-order valence-corrected chi connectivity index (χ2v) is 5.40. The fourth-order valence-electron chi connectivity index (χ4n) is 1.94. The van der Waals surface area contributed by atoms with Crippen LogP contribution in [0.5, 0.6) is 11.5 Å². The van der Waals surface area contributed by atoms with E-state index in [1.807, 2.05) is 10.9 Å². The second kappa shape index (κ2) is 9.36. The van der Waals surface area contributed by atoms with Crippen LogP contribution < -0.4 is 10.9 Å².